The number of hydrogen-bond acceptors (Lipinski definition) is 2. The largest absolute Gasteiger partial charge is 0.236 e. The van der Waals surface area contributed by atoms with E-state index in [2.05, 4.69) is 0 Å². The zero-order valence-electron chi connectivity index (χ0n) is 6.02. The van der Waals surface area contributed by atoms with Gasteiger partial charge in [0.15, 0.2) is 0 Å². The summed E-state index contributed by atoms with van der Waals surface area (Å²) in [6.07, 6.45) is 0. The van der Waals surface area contributed by atoms with Crippen molar-refractivity contribution >= 4 is 0 Å². The molecular formula is C6H14O2. The van der Waals surface area contributed by atoms with E-state index in [1.54, 1.807) is 0 Å². The average molecular weight is 118 g/mol. The average Bonchev–Trinajstić information content (AvgIpc) is 1.59. The Labute approximate surface area is 50.7 Å². The van der Waals surface area contributed by atoms with Crippen LogP contribution in [0.4, 0.5) is 0 Å². The molecule has 0 heterocycles. The highest BCUT2D eigenvalue weighted by molar-refractivity contribution is 4.54. The van der Waals surface area contributed by atoms with E-state index < -0.39 is 0 Å². The standard InChI is InChI=1S/C6H14O2/c1-5-7-8-6(2,3)4/h5H2,1-4H3. The summed E-state index contributed by atoms with van der Waals surface area (Å²) in [6, 6.07) is 0. The highest BCUT2D eigenvalue weighted by Gasteiger charge is 2.09. The molecule has 0 fully saturated rings. The lowest BCUT2D eigenvalue weighted by Crippen LogP contribution is -2.19. The predicted molar refractivity (Wildman–Crippen MR) is 32.5 cm³/mol. The molecule has 2 nitrogen and oxygen atoms in total. The summed E-state index contributed by atoms with van der Waals surface area (Å²) in [5.41, 5.74) is -0.171. The van der Waals surface area contributed by atoms with Crippen LogP contribution in [-0.4, -0.2) is 12.2 Å². The summed E-state index contributed by atoms with van der Waals surface area (Å²) in [4.78, 5) is 9.58. The van der Waals surface area contributed by atoms with E-state index in [4.69, 9.17) is 9.78 Å². The molecule has 2 heteroatoms. The van der Waals surface area contributed by atoms with Gasteiger partial charge < -0.3 is 0 Å². The minimum absolute atomic E-state index is 0.171. The van der Waals surface area contributed by atoms with Gasteiger partial charge in [-0.2, -0.15) is 0 Å². The Morgan fingerprint density at radius 1 is 1.25 bits per heavy atom. The molecule has 0 spiro atoms. The highest BCUT2D eigenvalue weighted by atomic mass is 17.2. The van der Waals surface area contributed by atoms with E-state index in [-0.39, 0.29) is 5.60 Å². The van der Waals surface area contributed by atoms with Gasteiger partial charge in [-0.1, -0.05) is 0 Å². The lowest BCUT2D eigenvalue weighted by molar-refractivity contribution is -0.345. The van der Waals surface area contributed by atoms with Gasteiger partial charge in [0.1, 0.15) is 0 Å². The van der Waals surface area contributed by atoms with Gasteiger partial charge in [-0.05, 0) is 27.7 Å². The summed E-state index contributed by atoms with van der Waals surface area (Å²) in [6.45, 7) is 8.34. The molecule has 0 bridgehead atoms. The van der Waals surface area contributed by atoms with E-state index >= 15 is 0 Å². The van der Waals surface area contributed by atoms with Crippen LogP contribution in [0.15, 0.2) is 0 Å². The Hall–Kier alpha value is -0.0800. The molecule has 0 saturated carbocycles. The van der Waals surface area contributed by atoms with Crippen molar-refractivity contribution in [1.82, 2.24) is 0 Å². The van der Waals surface area contributed by atoms with Gasteiger partial charge in [-0.3, -0.25) is 0 Å². The van der Waals surface area contributed by atoms with Gasteiger partial charge in [-0.25, -0.2) is 9.78 Å². The maximum Gasteiger partial charge on any atom is 0.0952 e. The first kappa shape index (κ1) is 7.92. The topological polar surface area (TPSA) is 18.5 Å². The molecule has 0 aliphatic heterocycles. The minimum Gasteiger partial charge on any atom is -0.236 e. The Kier molecular flexibility index (Phi) is 3.02. The molecule has 0 aliphatic rings. The van der Waals surface area contributed by atoms with Gasteiger partial charge in [0.05, 0.1) is 12.2 Å². The Balaban J connectivity index is 3.11. The van der Waals surface area contributed by atoms with Crippen molar-refractivity contribution in [2.24, 2.45) is 0 Å². The van der Waals surface area contributed by atoms with Crippen LogP contribution in [0.5, 0.6) is 0 Å². The lowest BCUT2D eigenvalue weighted by Gasteiger charge is -2.16. The normalized spacial score (nSPS) is 12.0. The van der Waals surface area contributed by atoms with Gasteiger partial charge in [-0.15, -0.1) is 0 Å². The Morgan fingerprint density at radius 3 is 1.88 bits per heavy atom. The molecule has 0 unspecified atom stereocenters. The molecular weight excluding hydrogens is 104 g/mol. The zero-order chi connectivity index (χ0) is 6.62. The monoisotopic (exact) mass is 118 g/mol. The van der Waals surface area contributed by atoms with Crippen LogP contribution in [-0.2, 0) is 9.78 Å². The summed E-state index contributed by atoms with van der Waals surface area (Å²) >= 11 is 0. The molecule has 0 saturated heterocycles. The molecule has 0 N–H and O–H groups in total. The van der Waals surface area contributed by atoms with E-state index in [1.807, 2.05) is 27.7 Å². The second-order valence-electron chi connectivity index (χ2n) is 2.60. The SMILES string of the molecule is CCOOC(C)(C)C. The third-order valence-electron chi connectivity index (χ3n) is 0.427. The highest BCUT2D eigenvalue weighted by Crippen LogP contribution is 2.05. The van der Waals surface area contributed by atoms with Crippen LogP contribution in [0, 0.1) is 0 Å². The number of rotatable bonds is 2. The molecule has 0 rings (SSSR count). The smallest absolute Gasteiger partial charge is 0.0952 e. The Morgan fingerprint density at radius 2 is 1.75 bits per heavy atom. The molecule has 50 valence electrons. The second kappa shape index (κ2) is 3.05. The third-order valence-corrected chi connectivity index (χ3v) is 0.427. The van der Waals surface area contributed by atoms with Crippen molar-refractivity contribution in [2.75, 3.05) is 6.61 Å². The summed E-state index contributed by atoms with van der Waals surface area (Å²) in [5, 5.41) is 0. The first-order chi connectivity index (χ1) is 3.56. The molecule has 8 heavy (non-hydrogen) atoms. The van der Waals surface area contributed by atoms with Crippen molar-refractivity contribution in [1.29, 1.82) is 0 Å². The van der Waals surface area contributed by atoms with Crippen LogP contribution in [0.1, 0.15) is 27.7 Å². The fourth-order valence-electron chi connectivity index (χ4n) is 0.236. The minimum atomic E-state index is -0.171. The van der Waals surface area contributed by atoms with Crippen LogP contribution in [0.2, 0.25) is 0 Å². The van der Waals surface area contributed by atoms with Crippen LogP contribution in [0.3, 0.4) is 0 Å². The van der Waals surface area contributed by atoms with Crippen molar-refractivity contribution < 1.29 is 9.78 Å². The molecule has 0 aromatic carbocycles. The first-order valence-electron chi connectivity index (χ1n) is 2.87. The zero-order valence-corrected chi connectivity index (χ0v) is 6.02. The van der Waals surface area contributed by atoms with E-state index in [0.29, 0.717) is 6.61 Å². The Bertz CT molecular complexity index is 54.0. The molecule has 0 aliphatic carbocycles. The molecule has 0 atom stereocenters. The maximum absolute atomic E-state index is 4.88. The summed E-state index contributed by atoms with van der Waals surface area (Å²) in [5.74, 6) is 0. The summed E-state index contributed by atoms with van der Waals surface area (Å²) < 4.78 is 0. The van der Waals surface area contributed by atoms with Crippen molar-refractivity contribution in [2.45, 2.75) is 33.3 Å². The van der Waals surface area contributed by atoms with E-state index in [1.165, 1.54) is 0 Å². The second-order valence-corrected chi connectivity index (χ2v) is 2.60. The van der Waals surface area contributed by atoms with E-state index in [9.17, 15) is 0 Å². The van der Waals surface area contributed by atoms with Gasteiger partial charge >= 0.3 is 0 Å². The quantitative estimate of drug-likeness (QED) is 0.406. The van der Waals surface area contributed by atoms with Crippen LogP contribution >= 0.6 is 0 Å². The van der Waals surface area contributed by atoms with Gasteiger partial charge in [0.2, 0.25) is 0 Å². The van der Waals surface area contributed by atoms with Crippen molar-refractivity contribution in [3.8, 4) is 0 Å². The lowest BCUT2D eigenvalue weighted by atomic mass is 10.2. The van der Waals surface area contributed by atoms with Gasteiger partial charge in [0.25, 0.3) is 0 Å². The maximum atomic E-state index is 4.88. The van der Waals surface area contributed by atoms with Crippen molar-refractivity contribution in [3.63, 3.8) is 0 Å². The fourth-order valence-corrected chi connectivity index (χ4v) is 0.236. The predicted octanol–water partition coefficient (Wildman–Crippen LogP) is 1.75. The van der Waals surface area contributed by atoms with Crippen molar-refractivity contribution in [3.05, 3.63) is 0 Å². The van der Waals surface area contributed by atoms with Crippen LogP contribution in [0.25, 0.3) is 0 Å². The van der Waals surface area contributed by atoms with Crippen LogP contribution < -0.4 is 0 Å². The van der Waals surface area contributed by atoms with Gasteiger partial charge in [0, 0.05) is 0 Å². The fraction of sp³-hybridized carbons (Fsp3) is 1.00. The molecule has 0 aromatic rings. The molecule has 0 amide bonds. The van der Waals surface area contributed by atoms with E-state index in [0.717, 1.165) is 0 Å². The molecule has 0 aromatic heterocycles. The first-order valence-corrected chi connectivity index (χ1v) is 2.87. The summed E-state index contributed by atoms with van der Waals surface area (Å²) in [7, 11) is 0. The number of hydrogen-bond donors (Lipinski definition) is 0. The third kappa shape index (κ3) is 5.92. The molecule has 0 radical (unpaired) electrons.